The van der Waals surface area contributed by atoms with E-state index in [1.165, 1.54) is 0 Å². The first-order chi connectivity index (χ1) is 6.39. The summed E-state index contributed by atoms with van der Waals surface area (Å²) in [5, 5.41) is 3.39. The summed E-state index contributed by atoms with van der Waals surface area (Å²) < 4.78 is 5.51. The van der Waals surface area contributed by atoms with E-state index in [-0.39, 0.29) is 0 Å². The lowest BCUT2D eigenvalue weighted by atomic mass is 10.0. The van der Waals surface area contributed by atoms with E-state index in [9.17, 15) is 0 Å². The maximum atomic E-state index is 5.51. The highest BCUT2D eigenvalue weighted by atomic mass is 16.5. The van der Waals surface area contributed by atoms with Gasteiger partial charge in [-0.25, -0.2) is 0 Å². The molecule has 0 bridgehead atoms. The fraction of sp³-hybridized carbons (Fsp3) is 1.00. The van der Waals surface area contributed by atoms with Crippen LogP contribution in [0.5, 0.6) is 0 Å². The summed E-state index contributed by atoms with van der Waals surface area (Å²) in [5.74, 6) is 0.728. The lowest BCUT2D eigenvalue weighted by Crippen LogP contribution is -2.34. The zero-order valence-corrected chi connectivity index (χ0v) is 10.5. The lowest BCUT2D eigenvalue weighted by Gasteiger charge is -2.18. The SMILES string of the molecule is CCOCC(NC)C1C(C)(C)C1(C)C. The summed E-state index contributed by atoms with van der Waals surface area (Å²) in [7, 11) is 2.04. The molecule has 2 heteroatoms. The summed E-state index contributed by atoms with van der Waals surface area (Å²) in [6.45, 7) is 13.1. The van der Waals surface area contributed by atoms with Gasteiger partial charge in [0.2, 0.25) is 0 Å². The van der Waals surface area contributed by atoms with Crippen LogP contribution in [0.2, 0.25) is 0 Å². The second-order valence-electron chi connectivity index (χ2n) is 5.48. The van der Waals surface area contributed by atoms with Crippen molar-refractivity contribution in [1.82, 2.24) is 5.32 Å². The van der Waals surface area contributed by atoms with Crippen LogP contribution in [0.4, 0.5) is 0 Å². The molecular formula is C12H25NO. The van der Waals surface area contributed by atoms with Crippen molar-refractivity contribution in [2.24, 2.45) is 16.7 Å². The van der Waals surface area contributed by atoms with E-state index in [1.54, 1.807) is 0 Å². The molecule has 0 radical (unpaired) electrons. The van der Waals surface area contributed by atoms with E-state index >= 15 is 0 Å². The van der Waals surface area contributed by atoms with Gasteiger partial charge in [0, 0.05) is 12.6 Å². The average molecular weight is 199 g/mol. The average Bonchev–Trinajstić information content (AvgIpc) is 2.48. The van der Waals surface area contributed by atoms with Gasteiger partial charge in [-0.2, -0.15) is 0 Å². The molecule has 1 N–H and O–H groups in total. The van der Waals surface area contributed by atoms with Gasteiger partial charge in [0.1, 0.15) is 0 Å². The number of nitrogens with one attached hydrogen (secondary N) is 1. The second kappa shape index (κ2) is 3.82. The third-order valence-electron chi connectivity index (χ3n) is 4.41. The third-order valence-corrected chi connectivity index (χ3v) is 4.41. The highest BCUT2D eigenvalue weighted by molar-refractivity contribution is 5.16. The molecule has 14 heavy (non-hydrogen) atoms. The Kier molecular flexibility index (Phi) is 3.27. The van der Waals surface area contributed by atoms with Crippen LogP contribution in [0.25, 0.3) is 0 Å². The second-order valence-corrected chi connectivity index (χ2v) is 5.48. The molecule has 1 aliphatic rings. The molecule has 0 saturated heterocycles. The minimum absolute atomic E-state index is 0.442. The molecule has 0 aromatic rings. The highest BCUT2D eigenvalue weighted by Gasteiger charge is 2.66. The van der Waals surface area contributed by atoms with Gasteiger partial charge in [0.05, 0.1) is 6.61 Å². The first-order valence-electron chi connectivity index (χ1n) is 5.64. The molecule has 1 saturated carbocycles. The normalized spacial score (nSPS) is 26.1. The molecule has 0 aromatic heterocycles. The van der Waals surface area contributed by atoms with E-state index in [4.69, 9.17) is 4.74 Å². The predicted molar refractivity (Wildman–Crippen MR) is 60.4 cm³/mol. The maximum absolute atomic E-state index is 5.51. The molecule has 84 valence electrons. The summed E-state index contributed by atoms with van der Waals surface area (Å²) >= 11 is 0. The Morgan fingerprint density at radius 2 is 1.71 bits per heavy atom. The van der Waals surface area contributed by atoms with E-state index in [0.29, 0.717) is 16.9 Å². The van der Waals surface area contributed by atoms with Crippen molar-refractivity contribution in [3.8, 4) is 0 Å². The van der Waals surface area contributed by atoms with Gasteiger partial charge in [-0.3, -0.25) is 0 Å². The van der Waals surface area contributed by atoms with E-state index < -0.39 is 0 Å². The molecule has 0 heterocycles. The Hall–Kier alpha value is -0.0800. The molecule has 1 unspecified atom stereocenters. The van der Waals surface area contributed by atoms with Crippen molar-refractivity contribution >= 4 is 0 Å². The number of ether oxygens (including phenoxy) is 1. The minimum Gasteiger partial charge on any atom is -0.380 e. The first kappa shape index (κ1) is 12.0. The van der Waals surface area contributed by atoms with Gasteiger partial charge in [0.15, 0.2) is 0 Å². The summed E-state index contributed by atoms with van der Waals surface area (Å²) in [5.41, 5.74) is 0.884. The molecule has 0 spiro atoms. The quantitative estimate of drug-likeness (QED) is 0.733. The zero-order valence-electron chi connectivity index (χ0n) is 10.5. The third kappa shape index (κ3) is 1.70. The maximum Gasteiger partial charge on any atom is 0.0622 e. The van der Waals surface area contributed by atoms with Crippen molar-refractivity contribution in [2.45, 2.75) is 40.7 Å². The Morgan fingerprint density at radius 1 is 1.21 bits per heavy atom. The van der Waals surface area contributed by atoms with Gasteiger partial charge in [-0.05, 0) is 30.7 Å². The molecule has 1 fully saturated rings. The minimum atomic E-state index is 0.442. The summed E-state index contributed by atoms with van der Waals surface area (Å²) in [4.78, 5) is 0. The van der Waals surface area contributed by atoms with Gasteiger partial charge >= 0.3 is 0 Å². The van der Waals surface area contributed by atoms with Crippen LogP contribution in [0.3, 0.4) is 0 Å². The molecule has 0 aliphatic heterocycles. The van der Waals surface area contributed by atoms with Crippen molar-refractivity contribution in [1.29, 1.82) is 0 Å². The topological polar surface area (TPSA) is 21.3 Å². The van der Waals surface area contributed by atoms with Crippen LogP contribution in [-0.2, 0) is 4.74 Å². The van der Waals surface area contributed by atoms with Crippen LogP contribution in [0.1, 0.15) is 34.6 Å². The number of hydrogen-bond donors (Lipinski definition) is 1. The smallest absolute Gasteiger partial charge is 0.0622 e. The van der Waals surface area contributed by atoms with Crippen LogP contribution < -0.4 is 5.32 Å². The Balaban J connectivity index is 2.56. The molecule has 0 aromatic carbocycles. The Morgan fingerprint density at radius 3 is 2.00 bits per heavy atom. The van der Waals surface area contributed by atoms with Gasteiger partial charge < -0.3 is 10.1 Å². The monoisotopic (exact) mass is 199 g/mol. The first-order valence-corrected chi connectivity index (χ1v) is 5.64. The lowest BCUT2D eigenvalue weighted by molar-refractivity contribution is 0.112. The molecule has 1 atom stereocenters. The molecule has 0 amide bonds. The predicted octanol–water partition coefficient (Wildman–Crippen LogP) is 2.29. The van der Waals surface area contributed by atoms with Crippen molar-refractivity contribution < 1.29 is 4.74 Å². The van der Waals surface area contributed by atoms with Gasteiger partial charge in [0.25, 0.3) is 0 Å². The number of likely N-dealkylation sites (N-methyl/N-ethyl adjacent to an activating group) is 1. The zero-order chi connectivity index (χ0) is 11.0. The Labute approximate surface area is 88.4 Å². The fourth-order valence-corrected chi connectivity index (χ4v) is 2.84. The molecule has 2 nitrogen and oxygen atoms in total. The van der Waals surface area contributed by atoms with Crippen molar-refractivity contribution in [2.75, 3.05) is 20.3 Å². The Bertz CT molecular complexity index is 184. The fourth-order valence-electron chi connectivity index (χ4n) is 2.84. The summed E-state index contributed by atoms with van der Waals surface area (Å²) in [6, 6.07) is 0.500. The number of hydrogen-bond acceptors (Lipinski definition) is 2. The van der Waals surface area contributed by atoms with Crippen molar-refractivity contribution in [3.05, 3.63) is 0 Å². The standard InChI is InChI=1S/C12H25NO/c1-7-14-8-9(13-6)10-11(2,3)12(10,4)5/h9-10,13H,7-8H2,1-6H3. The van der Waals surface area contributed by atoms with E-state index in [2.05, 4.69) is 39.9 Å². The van der Waals surface area contributed by atoms with Crippen LogP contribution >= 0.6 is 0 Å². The molecule has 1 aliphatic carbocycles. The van der Waals surface area contributed by atoms with E-state index in [1.807, 2.05) is 7.05 Å². The van der Waals surface area contributed by atoms with Crippen molar-refractivity contribution in [3.63, 3.8) is 0 Å². The van der Waals surface area contributed by atoms with Gasteiger partial charge in [-0.15, -0.1) is 0 Å². The largest absolute Gasteiger partial charge is 0.380 e. The molecular weight excluding hydrogens is 174 g/mol. The highest BCUT2D eigenvalue weighted by Crippen LogP contribution is 2.69. The van der Waals surface area contributed by atoms with Crippen LogP contribution in [-0.4, -0.2) is 26.3 Å². The van der Waals surface area contributed by atoms with Crippen LogP contribution in [0.15, 0.2) is 0 Å². The molecule has 1 rings (SSSR count). The van der Waals surface area contributed by atoms with Crippen LogP contribution in [0, 0.1) is 16.7 Å². The van der Waals surface area contributed by atoms with E-state index in [0.717, 1.165) is 19.1 Å². The number of rotatable bonds is 5. The summed E-state index contributed by atoms with van der Waals surface area (Å²) in [6.07, 6.45) is 0. The van der Waals surface area contributed by atoms with Gasteiger partial charge in [-0.1, -0.05) is 27.7 Å².